The molecule has 4 N–H and O–H groups in total. The maximum absolute atomic E-state index is 12.7. The van der Waals surface area contributed by atoms with E-state index in [1.807, 2.05) is 0 Å². The second-order valence-corrected chi connectivity index (χ2v) is 15.3. The Morgan fingerprint density at radius 3 is 1.81 bits per heavy atom. The number of aliphatic hydroxyl groups excluding tert-OH is 3. The Kier molecular flexibility index (Phi) is 30.7. The van der Waals surface area contributed by atoms with Crippen LogP contribution in [0.4, 0.5) is 0 Å². The van der Waals surface area contributed by atoms with Crippen LogP contribution in [0.15, 0.2) is 24.3 Å². The SMILES string of the molecule is CCCCCC/C=C\C/C=C\CCCCCCCCCCOCC(COC1OC(CO)C(O)C(OS(=O)(=O)O)C1O)OC(=O)CCCCCCCCC. The van der Waals surface area contributed by atoms with Gasteiger partial charge in [-0.2, -0.15) is 8.42 Å². The molecule has 0 aromatic carbocycles. The summed E-state index contributed by atoms with van der Waals surface area (Å²) in [5.41, 5.74) is 0. The molecule has 0 saturated carbocycles. The number of rotatable bonds is 35. The minimum atomic E-state index is -5.05. The lowest BCUT2D eigenvalue weighted by Crippen LogP contribution is -2.60. The van der Waals surface area contributed by atoms with Gasteiger partial charge < -0.3 is 34.3 Å². The van der Waals surface area contributed by atoms with Crippen molar-refractivity contribution in [2.24, 2.45) is 0 Å². The van der Waals surface area contributed by atoms with E-state index in [0.29, 0.717) is 13.0 Å². The lowest BCUT2D eigenvalue weighted by Gasteiger charge is -2.41. The highest BCUT2D eigenvalue weighted by Crippen LogP contribution is 2.26. The molecule has 53 heavy (non-hydrogen) atoms. The van der Waals surface area contributed by atoms with E-state index in [-0.39, 0.29) is 19.6 Å². The molecule has 0 amide bonds. The number of hydrogen-bond donors (Lipinski definition) is 4. The number of esters is 1. The Labute approximate surface area is 321 Å². The van der Waals surface area contributed by atoms with Crippen molar-refractivity contribution in [1.29, 1.82) is 0 Å². The summed E-state index contributed by atoms with van der Waals surface area (Å²) in [5.74, 6) is -0.409. The minimum absolute atomic E-state index is 0.0341. The van der Waals surface area contributed by atoms with Gasteiger partial charge in [-0.15, -0.1) is 0 Å². The summed E-state index contributed by atoms with van der Waals surface area (Å²) < 4.78 is 58.7. The molecular weight excluding hydrogens is 704 g/mol. The third kappa shape index (κ3) is 26.9. The van der Waals surface area contributed by atoms with Crippen LogP contribution in [0.1, 0.15) is 162 Å². The molecule has 6 atom stereocenters. The Morgan fingerprint density at radius 1 is 0.717 bits per heavy atom. The summed E-state index contributed by atoms with van der Waals surface area (Å²) in [6, 6.07) is 0. The van der Waals surface area contributed by atoms with Crippen molar-refractivity contribution in [1.82, 2.24) is 0 Å². The van der Waals surface area contributed by atoms with Gasteiger partial charge in [-0.1, -0.05) is 134 Å². The first-order valence-electron chi connectivity index (χ1n) is 20.6. The Hall–Kier alpha value is -1.42. The van der Waals surface area contributed by atoms with Crippen LogP contribution in [0.3, 0.4) is 0 Å². The van der Waals surface area contributed by atoms with Crippen LogP contribution >= 0.6 is 0 Å². The molecule has 0 radical (unpaired) electrons. The third-order valence-electron chi connectivity index (χ3n) is 9.33. The number of carbonyl (C=O) groups is 1. The van der Waals surface area contributed by atoms with E-state index < -0.39 is 59.8 Å². The van der Waals surface area contributed by atoms with Crippen molar-refractivity contribution < 1.29 is 56.2 Å². The molecule has 0 aromatic heterocycles. The molecule has 13 heteroatoms. The average molecular weight is 779 g/mol. The molecule has 12 nitrogen and oxygen atoms in total. The smallest absolute Gasteiger partial charge is 0.397 e. The summed E-state index contributed by atoms with van der Waals surface area (Å²) in [4.78, 5) is 12.7. The van der Waals surface area contributed by atoms with Gasteiger partial charge >= 0.3 is 16.4 Å². The quantitative estimate of drug-likeness (QED) is 0.0214. The van der Waals surface area contributed by atoms with Gasteiger partial charge in [0.05, 0.1) is 19.8 Å². The van der Waals surface area contributed by atoms with E-state index in [9.17, 15) is 28.5 Å². The molecular formula is C40H74O12S. The molecule has 1 heterocycles. The summed E-state index contributed by atoms with van der Waals surface area (Å²) in [5, 5.41) is 30.5. The van der Waals surface area contributed by atoms with Crippen LogP contribution in [-0.2, 0) is 38.3 Å². The Bertz CT molecular complexity index is 1040. The summed E-state index contributed by atoms with van der Waals surface area (Å²) in [6.07, 6.45) is 25.3. The van der Waals surface area contributed by atoms with Crippen LogP contribution in [0, 0.1) is 0 Å². The van der Waals surface area contributed by atoms with E-state index in [2.05, 4.69) is 42.3 Å². The van der Waals surface area contributed by atoms with E-state index in [0.717, 1.165) is 51.4 Å². The first kappa shape index (κ1) is 49.6. The van der Waals surface area contributed by atoms with E-state index in [1.165, 1.54) is 83.5 Å². The maximum Gasteiger partial charge on any atom is 0.397 e. The highest BCUT2D eigenvalue weighted by atomic mass is 32.3. The van der Waals surface area contributed by atoms with Gasteiger partial charge in [0.15, 0.2) is 6.29 Å². The minimum Gasteiger partial charge on any atom is -0.457 e. The number of ether oxygens (including phenoxy) is 4. The fourth-order valence-corrected chi connectivity index (χ4v) is 6.68. The van der Waals surface area contributed by atoms with Crippen LogP contribution in [0.25, 0.3) is 0 Å². The standard InChI is InChI=1S/C40H74O12S/c1-3-5-7-9-11-12-13-14-15-16-17-18-19-20-21-22-24-26-28-30-48-32-34(50-36(42)29-27-25-23-10-8-6-4-2)33-49-40-38(44)39(52-53(45,46)47)37(43)35(31-41)51-40/h12-13,15-16,34-35,37-41,43-44H,3-11,14,17-33H2,1-2H3,(H,45,46,47)/b13-12-,16-15-. The van der Waals surface area contributed by atoms with Crippen molar-refractivity contribution in [2.45, 2.75) is 198 Å². The third-order valence-corrected chi connectivity index (χ3v) is 9.79. The summed E-state index contributed by atoms with van der Waals surface area (Å²) >= 11 is 0. The first-order chi connectivity index (χ1) is 25.6. The molecule has 0 aliphatic carbocycles. The van der Waals surface area contributed by atoms with Crippen LogP contribution < -0.4 is 0 Å². The summed E-state index contributed by atoms with van der Waals surface area (Å²) in [7, 11) is -5.05. The second-order valence-electron chi connectivity index (χ2n) is 14.2. The zero-order valence-electron chi connectivity index (χ0n) is 32.8. The predicted molar refractivity (Wildman–Crippen MR) is 207 cm³/mol. The topological polar surface area (TPSA) is 178 Å². The molecule has 0 bridgehead atoms. The molecule has 312 valence electrons. The first-order valence-corrected chi connectivity index (χ1v) is 22.0. The van der Waals surface area contributed by atoms with Crippen LogP contribution in [0.2, 0.25) is 0 Å². The lowest BCUT2D eigenvalue weighted by molar-refractivity contribution is -0.301. The molecule has 1 fully saturated rings. The lowest BCUT2D eigenvalue weighted by atomic mass is 9.99. The van der Waals surface area contributed by atoms with Gasteiger partial charge in [-0.3, -0.25) is 9.35 Å². The molecule has 1 rings (SSSR count). The molecule has 0 aromatic rings. The van der Waals surface area contributed by atoms with Gasteiger partial charge in [0.25, 0.3) is 0 Å². The van der Waals surface area contributed by atoms with Gasteiger partial charge in [0.1, 0.15) is 30.5 Å². The molecule has 1 saturated heterocycles. The van der Waals surface area contributed by atoms with Crippen LogP contribution in [0.5, 0.6) is 0 Å². The normalized spacial score (nSPS) is 21.5. The van der Waals surface area contributed by atoms with Crippen molar-refractivity contribution >= 4 is 16.4 Å². The van der Waals surface area contributed by atoms with Gasteiger partial charge in [-0.25, -0.2) is 4.18 Å². The van der Waals surface area contributed by atoms with Gasteiger partial charge in [0, 0.05) is 13.0 Å². The zero-order chi connectivity index (χ0) is 39.0. The number of carbonyl (C=O) groups excluding carboxylic acids is 1. The highest BCUT2D eigenvalue weighted by molar-refractivity contribution is 7.80. The van der Waals surface area contributed by atoms with Gasteiger partial charge in [0.2, 0.25) is 0 Å². The zero-order valence-corrected chi connectivity index (χ0v) is 33.6. The van der Waals surface area contributed by atoms with E-state index >= 15 is 0 Å². The fourth-order valence-electron chi connectivity index (χ4n) is 6.17. The van der Waals surface area contributed by atoms with E-state index in [4.69, 9.17) is 23.5 Å². The van der Waals surface area contributed by atoms with Gasteiger partial charge in [-0.05, 0) is 44.9 Å². The predicted octanol–water partition coefficient (Wildman–Crippen LogP) is 7.68. The molecule has 1 aliphatic rings. The van der Waals surface area contributed by atoms with Crippen molar-refractivity contribution in [3.63, 3.8) is 0 Å². The van der Waals surface area contributed by atoms with E-state index in [1.54, 1.807) is 0 Å². The number of hydrogen-bond acceptors (Lipinski definition) is 11. The number of allylic oxidation sites excluding steroid dienone is 4. The molecule has 1 aliphatic heterocycles. The maximum atomic E-state index is 12.7. The highest BCUT2D eigenvalue weighted by Gasteiger charge is 2.48. The largest absolute Gasteiger partial charge is 0.457 e. The number of aliphatic hydroxyl groups is 3. The molecule has 0 spiro atoms. The van der Waals surface area contributed by atoms with Crippen molar-refractivity contribution in [3.05, 3.63) is 24.3 Å². The monoisotopic (exact) mass is 778 g/mol. The Balaban J connectivity index is 2.39. The van der Waals surface area contributed by atoms with Crippen molar-refractivity contribution in [3.8, 4) is 0 Å². The summed E-state index contributed by atoms with van der Waals surface area (Å²) in [6.45, 7) is 3.90. The second kappa shape index (κ2) is 32.8. The Morgan fingerprint density at radius 2 is 1.25 bits per heavy atom. The van der Waals surface area contributed by atoms with Crippen molar-refractivity contribution in [2.75, 3.05) is 26.4 Å². The average Bonchev–Trinajstić information content (AvgIpc) is 3.12. The molecule has 6 unspecified atom stereocenters. The number of unbranched alkanes of at least 4 members (excludes halogenated alkanes) is 18. The fraction of sp³-hybridized carbons (Fsp3) is 0.875. The van der Waals surface area contributed by atoms with Crippen LogP contribution in [-0.4, -0.2) is 97.5 Å².